The third-order valence-electron chi connectivity index (χ3n) is 6.57. The van der Waals surface area contributed by atoms with Crippen LogP contribution in [-0.4, -0.2) is 37.7 Å². The number of carbonyl (C=O) groups is 2. The summed E-state index contributed by atoms with van der Waals surface area (Å²) in [4.78, 5) is 51.6. The number of fused-ring (bicyclic) bond motifs is 3. The molecule has 1 N–H and O–H groups in total. The molecule has 0 radical (unpaired) electrons. The molecule has 9 nitrogen and oxygen atoms in total. The van der Waals surface area contributed by atoms with Crippen molar-refractivity contribution in [3.05, 3.63) is 79.2 Å². The van der Waals surface area contributed by atoms with E-state index in [1.54, 1.807) is 19.1 Å². The average molecular weight is 435 g/mol. The van der Waals surface area contributed by atoms with Gasteiger partial charge in [-0.15, -0.1) is 0 Å². The predicted octanol–water partition coefficient (Wildman–Crippen LogP) is 1.13. The number of hydrogen-bond donors (Lipinski definition) is 1. The zero-order valence-corrected chi connectivity index (χ0v) is 17.8. The van der Waals surface area contributed by atoms with Gasteiger partial charge < -0.3 is 9.84 Å². The van der Waals surface area contributed by atoms with Crippen LogP contribution >= 0.6 is 0 Å². The molecule has 2 atom stereocenters. The molecule has 1 aliphatic heterocycles. The van der Waals surface area contributed by atoms with Gasteiger partial charge >= 0.3 is 11.4 Å². The Morgan fingerprint density at radius 3 is 2.56 bits per heavy atom. The molecule has 0 unspecified atom stereocenters. The summed E-state index contributed by atoms with van der Waals surface area (Å²) < 4.78 is 8.90. The first-order valence-corrected chi connectivity index (χ1v) is 10.2. The maximum absolute atomic E-state index is 13.1. The summed E-state index contributed by atoms with van der Waals surface area (Å²) in [6.07, 6.45) is 3.25. The van der Waals surface area contributed by atoms with E-state index in [0.29, 0.717) is 33.6 Å². The molecule has 0 fully saturated rings. The lowest BCUT2D eigenvalue weighted by Gasteiger charge is -2.39. The SMILES string of the molecule is COc1ccc([C@H]2C3=CCn4c(=O)n(C)c(=O)n4[C@@H]3CC3=C2C(=O)C=C(C)C3=O)c(O)c1. The second-order valence-corrected chi connectivity index (χ2v) is 8.25. The summed E-state index contributed by atoms with van der Waals surface area (Å²) in [7, 11) is 2.89. The molecule has 0 spiro atoms. The lowest BCUT2D eigenvalue weighted by Crippen LogP contribution is -2.40. The third kappa shape index (κ3) is 2.57. The van der Waals surface area contributed by atoms with Gasteiger partial charge in [0.1, 0.15) is 11.5 Å². The number of hydrogen-bond acceptors (Lipinski definition) is 6. The molecule has 1 aromatic carbocycles. The summed E-state index contributed by atoms with van der Waals surface area (Å²) in [5.41, 5.74) is 1.14. The Morgan fingerprint density at radius 1 is 1.12 bits per heavy atom. The Hall–Kier alpha value is -3.88. The highest BCUT2D eigenvalue weighted by molar-refractivity contribution is 6.23. The molecular weight excluding hydrogens is 414 g/mol. The molecule has 1 aromatic heterocycles. The first-order valence-electron chi connectivity index (χ1n) is 10.2. The number of ether oxygens (including phenoxy) is 1. The first kappa shape index (κ1) is 20.0. The van der Waals surface area contributed by atoms with Crippen molar-refractivity contribution in [2.45, 2.75) is 31.8 Å². The van der Waals surface area contributed by atoms with Gasteiger partial charge in [0, 0.05) is 47.7 Å². The fraction of sp³-hybridized carbons (Fsp3) is 0.304. The normalized spacial score (nSPS) is 22.1. The number of methoxy groups -OCH3 is 1. The third-order valence-corrected chi connectivity index (χ3v) is 6.57. The van der Waals surface area contributed by atoms with Crippen LogP contribution in [0.4, 0.5) is 0 Å². The minimum atomic E-state index is -0.730. The summed E-state index contributed by atoms with van der Waals surface area (Å²) in [6, 6.07) is 4.15. The predicted molar refractivity (Wildman–Crippen MR) is 114 cm³/mol. The number of Topliss-reactive ketones (excluding diaryl/α,β-unsaturated/α-hetero) is 1. The van der Waals surface area contributed by atoms with Gasteiger partial charge in [0.2, 0.25) is 0 Å². The van der Waals surface area contributed by atoms with E-state index in [1.165, 1.54) is 35.7 Å². The molecule has 164 valence electrons. The molecule has 0 bridgehead atoms. The van der Waals surface area contributed by atoms with Crippen molar-refractivity contribution in [1.29, 1.82) is 0 Å². The number of phenols is 1. The van der Waals surface area contributed by atoms with Crippen LogP contribution in [0.3, 0.4) is 0 Å². The van der Waals surface area contributed by atoms with Gasteiger partial charge in [-0.3, -0.25) is 9.59 Å². The van der Waals surface area contributed by atoms with Crippen molar-refractivity contribution < 1.29 is 19.4 Å². The highest BCUT2D eigenvalue weighted by Gasteiger charge is 2.45. The second kappa shape index (κ2) is 6.81. The summed E-state index contributed by atoms with van der Waals surface area (Å²) in [6.45, 7) is 1.73. The molecular formula is C23H21N3O6. The second-order valence-electron chi connectivity index (χ2n) is 8.25. The highest BCUT2D eigenvalue weighted by Crippen LogP contribution is 2.51. The van der Waals surface area contributed by atoms with Crippen LogP contribution in [0, 0.1) is 0 Å². The average Bonchev–Trinajstić information content (AvgIpc) is 3.00. The van der Waals surface area contributed by atoms with E-state index in [9.17, 15) is 24.3 Å². The topological polar surface area (TPSA) is 113 Å². The number of carbonyl (C=O) groups excluding carboxylic acids is 2. The quantitative estimate of drug-likeness (QED) is 0.559. The Balaban J connectivity index is 1.79. The zero-order valence-electron chi connectivity index (χ0n) is 17.8. The smallest absolute Gasteiger partial charge is 0.347 e. The van der Waals surface area contributed by atoms with E-state index < -0.39 is 23.3 Å². The number of phenolic OH excluding ortho intramolecular Hbond substituents is 1. The van der Waals surface area contributed by atoms with Crippen molar-refractivity contribution in [3.8, 4) is 11.5 Å². The van der Waals surface area contributed by atoms with E-state index in [1.807, 2.05) is 6.08 Å². The summed E-state index contributed by atoms with van der Waals surface area (Å²) >= 11 is 0. The summed E-state index contributed by atoms with van der Waals surface area (Å²) in [5, 5.41) is 10.8. The maximum Gasteiger partial charge on any atom is 0.347 e. The van der Waals surface area contributed by atoms with Crippen LogP contribution in [0.5, 0.6) is 11.5 Å². The molecule has 2 aliphatic carbocycles. The van der Waals surface area contributed by atoms with Crippen LogP contribution in [0.2, 0.25) is 0 Å². The number of allylic oxidation sites excluding steroid dienone is 6. The van der Waals surface area contributed by atoms with E-state index in [2.05, 4.69) is 0 Å². The fourth-order valence-electron chi connectivity index (χ4n) is 5.01. The Labute approximate surface area is 182 Å². The number of aromatic hydroxyl groups is 1. The van der Waals surface area contributed by atoms with Crippen LogP contribution in [0.15, 0.2) is 62.2 Å². The van der Waals surface area contributed by atoms with Gasteiger partial charge in [0.25, 0.3) is 0 Å². The minimum Gasteiger partial charge on any atom is -0.507 e. The molecule has 3 aliphatic rings. The number of benzene rings is 1. The standard InChI is InChI=1S/C23H21N3O6/c1-11-8-18(28)20-15(21(11)29)10-16-13(6-7-25-22(30)24(2)23(31)26(16)25)19(20)14-5-4-12(32-3)9-17(14)27/h4-6,8-9,16,19,27H,7,10H2,1-3H3/t16-,19-/m1/s1. The molecule has 0 saturated carbocycles. The first-order chi connectivity index (χ1) is 15.2. The monoisotopic (exact) mass is 435 g/mol. The van der Waals surface area contributed by atoms with Gasteiger partial charge in [-0.1, -0.05) is 12.1 Å². The van der Waals surface area contributed by atoms with Crippen LogP contribution in [-0.2, 0) is 23.2 Å². The molecule has 0 saturated heterocycles. The maximum atomic E-state index is 13.1. The molecule has 5 rings (SSSR count). The minimum absolute atomic E-state index is 0.0855. The lowest BCUT2D eigenvalue weighted by atomic mass is 9.68. The molecule has 32 heavy (non-hydrogen) atoms. The van der Waals surface area contributed by atoms with E-state index in [4.69, 9.17) is 4.74 Å². The highest BCUT2D eigenvalue weighted by atomic mass is 16.5. The number of rotatable bonds is 2. The molecule has 2 aromatic rings. The van der Waals surface area contributed by atoms with Crippen LogP contribution in [0.25, 0.3) is 0 Å². The molecule has 2 heterocycles. The molecule has 0 amide bonds. The van der Waals surface area contributed by atoms with Crippen molar-refractivity contribution >= 4 is 11.6 Å². The van der Waals surface area contributed by atoms with E-state index in [-0.39, 0.29) is 30.3 Å². The van der Waals surface area contributed by atoms with Gasteiger partial charge in [-0.25, -0.2) is 23.5 Å². The van der Waals surface area contributed by atoms with Gasteiger partial charge in [-0.05, 0) is 24.6 Å². The van der Waals surface area contributed by atoms with Crippen molar-refractivity contribution in [1.82, 2.24) is 13.9 Å². The largest absolute Gasteiger partial charge is 0.507 e. The zero-order chi connectivity index (χ0) is 22.9. The molecule has 9 heteroatoms. The van der Waals surface area contributed by atoms with E-state index in [0.717, 1.165) is 4.57 Å². The van der Waals surface area contributed by atoms with Crippen LogP contribution < -0.4 is 16.1 Å². The number of nitrogens with zero attached hydrogens (tertiary/aromatic N) is 3. The Bertz CT molecular complexity index is 1430. The van der Waals surface area contributed by atoms with Crippen molar-refractivity contribution in [2.75, 3.05) is 7.11 Å². The summed E-state index contributed by atoms with van der Waals surface area (Å²) in [5.74, 6) is -0.926. The fourth-order valence-corrected chi connectivity index (χ4v) is 5.01. The van der Waals surface area contributed by atoms with Crippen molar-refractivity contribution in [3.63, 3.8) is 0 Å². The van der Waals surface area contributed by atoms with Crippen LogP contribution in [0.1, 0.15) is 30.9 Å². The van der Waals surface area contributed by atoms with Gasteiger partial charge in [0.15, 0.2) is 11.6 Å². The number of ketones is 2. The van der Waals surface area contributed by atoms with Gasteiger partial charge in [0.05, 0.1) is 19.7 Å². The van der Waals surface area contributed by atoms with Crippen molar-refractivity contribution in [2.24, 2.45) is 7.05 Å². The van der Waals surface area contributed by atoms with Gasteiger partial charge in [-0.2, -0.15) is 0 Å². The lowest BCUT2D eigenvalue weighted by molar-refractivity contribution is -0.116. The Kier molecular flexibility index (Phi) is 4.27. The van der Waals surface area contributed by atoms with E-state index >= 15 is 0 Å². The Morgan fingerprint density at radius 2 is 1.88 bits per heavy atom. The number of aromatic nitrogens is 3.